The Labute approximate surface area is 210 Å². The van der Waals surface area contributed by atoms with Gasteiger partial charge in [0.25, 0.3) is 5.56 Å². The van der Waals surface area contributed by atoms with E-state index in [-0.39, 0.29) is 17.4 Å². The van der Waals surface area contributed by atoms with Crippen LogP contribution in [0, 0.1) is 5.92 Å². The number of piperidine rings is 1. The van der Waals surface area contributed by atoms with Crippen molar-refractivity contribution >= 4 is 22.8 Å². The molecule has 184 valence electrons. The number of carbonyl (C=O) groups excluding carboxylic acids is 1. The summed E-state index contributed by atoms with van der Waals surface area (Å²) in [4.78, 5) is 33.5. The Hall–Kier alpha value is -4.13. The second kappa shape index (κ2) is 10.6. The summed E-state index contributed by atoms with van der Waals surface area (Å²) in [5.41, 5.74) is 3.42. The lowest BCUT2D eigenvalue weighted by atomic mass is 9.97. The summed E-state index contributed by atoms with van der Waals surface area (Å²) >= 11 is 0. The molecule has 7 heteroatoms. The number of ether oxygens (including phenoxy) is 1. The predicted octanol–water partition coefficient (Wildman–Crippen LogP) is 3.99. The van der Waals surface area contributed by atoms with Gasteiger partial charge in [0.2, 0.25) is 5.91 Å². The fourth-order valence-electron chi connectivity index (χ4n) is 4.87. The lowest BCUT2D eigenvalue weighted by molar-refractivity contribution is -0.125. The van der Waals surface area contributed by atoms with Gasteiger partial charge >= 0.3 is 0 Å². The standard InChI is InChI=1S/C29H30N4O3/c1-36-26-16-8-5-12-22(26)18-30-28(34)23-13-9-17-32(20-23)27-29(35)33(19-21-10-3-2-4-11-21)25-15-7-6-14-24(25)31-27/h2-8,10-12,14-16,23H,9,13,17-20H2,1H3,(H,30,34)/t23-/m1/s1. The highest BCUT2D eigenvalue weighted by Gasteiger charge is 2.28. The average Bonchev–Trinajstić information content (AvgIpc) is 2.94. The SMILES string of the molecule is COc1ccccc1CNC(=O)[C@@H]1CCCN(c2nc3ccccc3n(Cc3ccccc3)c2=O)C1. The molecule has 5 rings (SSSR count). The second-order valence-electron chi connectivity index (χ2n) is 9.12. The Bertz CT molecular complexity index is 1420. The molecule has 1 amide bonds. The van der Waals surface area contributed by atoms with Gasteiger partial charge in [-0.05, 0) is 36.6 Å². The number of aromatic nitrogens is 2. The van der Waals surface area contributed by atoms with Gasteiger partial charge in [-0.3, -0.25) is 14.2 Å². The maximum Gasteiger partial charge on any atom is 0.294 e. The number of hydrogen-bond acceptors (Lipinski definition) is 5. The van der Waals surface area contributed by atoms with Crippen LogP contribution in [-0.2, 0) is 17.9 Å². The molecule has 1 N–H and O–H groups in total. The van der Waals surface area contributed by atoms with Crippen LogP contribution in [0.3, 0.4) is 0 Å². The zero-order chi connectivity index (χ0) is 24.9. The van der Waals surface area contributed by atoms with E-state index in [4.69, 9.17) is 9.72 Å². The number of rotatable bonds is 7. The van der Waals surface area contributed by atoms with Gasteiger partial charge in [0, 0.05) is 25.2 Å². The summed E-state index contributed by atoms with van der Waals surface area (Å²) in [5.74, 6) is 0.925. The van der Waals surface area contributed by atoms with Crippen LogP contribution in [0.15, 0.2) is 83.7 Å². The largest absolute Gasteiger partial charge is 0.496 e. The van der Waals surface area contributed by atoms with E-state index in [0.29, 0.717) is 32.0 Å². The zero-order valence-electron chi connectivity index (χ0n) is 20.4. The Balaban J connectivity index is 1.38. The topological polar surface area (TPSA) is 76.5 Å². The van der Waals surface area contributed by atoms with Crippen LogP contribution in [0.25, 0.3) is 11.0 Å². The minimum atomic E-state index is -0.219. The molecule has 1 fully saturated rings. The number of nitrogens with one attached hydrogen (secondary N) is 1. The van der Waals surface area contributed by atoms with E-state index < -0.39 is 0 Å². The van der Waals surface area contributed by atoms with E-state index in [1.807, 2.05) is 83.8 Å². The molecule has 1 atom stereocenters. The van der Waals surface area contributed by atoms with Crippen molar-refractivity contribution in [1.82, 2.24) is 14.9 Å². The monoisotopic (exact) mass is 482 g/mol. The van der Waals surface area contributed by atoms with Crippen LogP contribution in [0.2, 0.25) is 0 Å². The lowest BCUT2D eigenvalue weighted by Crippen LogP contribution is -2.45. The molecule has 36 heavy (non-hydrogen) atoms. The van der Waals surface area contributed by atoms with Crippen LogP contribution < -0.4 is 20.5 Å². The quantitative estimate of drug-likeness (QED) is 0.431. The number of methoxy groups -OCH3 is 1. The molecule has 0 unspecified atom stereocenters. The normalized spacial score (nSPS) is 15.6. The van der Waals surface area contributed by atoms with Gasteiger partial charge in [-0.15, -0.1) is 0 Å². The number of fused-ring (bicyclic) bond motifs is 1. The van der Waals surface area contributed by atoms with Crippen LogP contribution in [0.1, 0.15) is 24.0 Å². The summed E-state index contributed by atoms with van der Waals surface area (Å²) in [6.45, 7) is 2.02. The van der Waals surface area contributed by atoms with E-state index in [9.17, 15) is 9.59 Å². The molecule has 1 aliphatic rings. The summed E-state index contributed by atoms with van der Waals surface area (Å²) < 4.78 is 7.19. The summed E-state index contributed by atoms with van der Waals surface area (Å²) in [6, 6.07) is 25.3. The van der Waals surface area contributed by atoms with Gasteiger partial charge in [-0.25, -0.2) is 4.98 Å². The molecule has 1 aromatic heterocycles. The first kappa shape index (κ1) is 23.6. The third-order valence-electron chi connectivity index (χ3n) is 6.76. The van der Waals surface area contributed by atoms with Crippen LogP contribution in [0.5, 0.6) is 5.75 Å². The van der Waals surface area contributed by atoms with Crippen molar-refractivity contribution in [2.75, 3.05) is 25.1 Å². The van der Waals surface area contributed by atoms with E-state index in [1.54, 1.807) is 11.7 Å². The molecule has 0 spiro atoms. The number of para-hydroxylation sites is 3. The first-order valence-corrected chi connectivity index (χ1v) is 12.3. The minimum absolute atomic E-state index is 0.0176. The molecule has 0 bridgehead atoms. The van der Waals surface area contributed by atoms with Crippen molar-refractivity contribution in [2.24, 2.45) is 5.92 Å². The second-order valence-corrected chi connectivity index (χ2v) is 9.12. The van der Waals surface area contributed by atoms with Crippen molar-refractivity contribution < 1.29 is 9.53 Å². The van der Waals surface area contributed by atoms with Gasteiger partial charge in [-0.1, -0.05) is 60.7 Å². The highest BCUT2D eigenvalue weighted by Crippen LogP contribution is 2.23. The summed E-state index contributed by atoms with van der Waals surface area (Å²) in [5, 5.41) is 3.05. The Morgan fingerprint density at radius 3 is 2.61 bits per heavy atom. The number of anilines is 1. The van der Waals surface area contributed by atoms with Crippen LogP contribution in [-0.4, -0.2) is 35.7 Å². The van der Waals surface area contributed by atoms with E-state index in [2.05, 4.69) is 5.32 Å². The molecule has 2 heterocycles. The van der Waals surface area contributed by atoms with E-state index in [0.717, 1.165) is 40.8 Å². The van der Waals surface area contributed by atoms with Crippen molar-refractivity contribution in [2.45, 2.75) is 25.9 Å². The number of benzene rings is 3. The molecular formula is C29H30N4O3. The maximum atomic E-state index is 13.7. The predicted molar refractivity (Wildman–Crippen MR) is 141 cm³/mol. The molecule has 7 nitrogen and oxygen atoms in total. The fourth-order valence-corrected chi connectivity index (χ4v) is 4.87. The molecule has 3 aromatic carbocycles. The highest BCUT2D eigenvalue weighted by molar-refractivity contribution is 5.80. The van der Waals surface area contributed by atoms with Gasteiger partial charge in [0.15, 0.2) is 5.82 Å². The van der Waals surface area contributed by atoms with Crippen molar-refractivity contribution in [3.63, 3.8) is 0 Å². The van der Waals surface area contributed by atoms with E-state index in [1.165, 1.54) is 0 Å². The summed E-state index contributed by atoms with van der Waals surface area (Å²) in [7, 11) is 1.63. The molecule has 1 aliphatic heterocycles. The third-order valence-corrected chi connectivity index (χ3v) is 6.76. The zero-order valence-corrected chi connectivity index (χ0v) is 20.4. The summed E-state index contributed by atoms with van der Waals surface area (Å²) in [6.07, 6.45) is 1.60. The molecule has 0 saturated carbocycles. The number of carbonyl (C=O) groups is 1. The van der Waals surface area contributed by atoms with Gasteiger partial charge in [0.1, 0.15) is 5.75 Å². The molecule has 1 saturated heterocycles. The van der Waals surface area contributed by atoms with Gasteiger partial charge in [-0.2, -0.15) is 0 Å². The average molecular weight is 483 g/mol. The smallest absolute Gasteiger partial charge is 0.294 e. The van der Waals surface area contributed by atoms with Crippen LogP contribution >= 0.6 is 0 Å². The van der Waals surface area contributed by atoms with Gasteiger partial charge in [0.05, 0.1) is 30.6 Å². The number of amides is 1. The third kappa shape index (κ3) is 4.96. The number of hydrogen-bond donors (Lipinski definition) is 1. The van der Waals surface area contributed by atoms with Crippen molar-refractivity contribution in [3.05, 3.63) is 100 Å². The Morgan fingerprint density at radius 2 is 1.78 bits per heavy atom. The molecule has 4 aromatic rings. The van der Waals surface area contributed by atoms with E-state index >= 15 is 0 Å². The van der Waals surface area contributed by atoms with Crippen molar-refractivity contribution in [1.29, 1.82) is 0 Å². The van der Waals surface area contributed by atoms with Gasteiger partial charge < -0.3 is 15.0 Å². The van der Waals surface area contributed by atoms with Crippen molar-refractivity contribution in [3.8, 4) is 5.75 Å². The molecule has 0 radical (unpaired) electrons. The molecule has 0 aliphatic carbocycles. The Kier molecular flexibility index (Phi) is 6.98. The Morgan fingerprint density at radius 1 is 1.03 bits per heavy atom. The fraction of sp³-hybridized carbons (Fsp3) is 0.276. The highest BCUT2D eigenvalue weighted by atomic mass is 16.5. The number of nitrogens with zero attached hydrogens (tertiary/aromatic N) is 3. The lowest BCUT2D eigenvalue weighted by Gasteiger charge is -2.33. The first-order chi connectivity index (χ1) is 17.6. The molecular weight excluding hydrogens is 452 g/mol. The first-order valence-electron chi connectivity index (χ1n) is 12.3. The maximum absolute atomic E-state index is 13.7. The van der Waals surface area contributed by atoms with Crippen LogP contribution in [0.4, 0.5) is 5.82 Å². The minimum Gasteiger partial charge on any atom is -0.496 e.